The van der Waals surface area contributed by atoms with E-state index in [1.54, 1.807) is 6.07 Å². The van der Waals surface area contributed by atoms with E-state index >= 15 is 0 Å². The van der Waals surface area contributed by atoms with Crippen LogP contribution in [-0.2, 0) is 4.84 Å². The minimum Gasteiger partial charge on any atom is -0.330 e. The lowest BCUT2D eigenvalue weighted by Crippen LogP contribution is -2.27. The number of hydrogen-bond donors (Lipinski definition) is 2. The number of nitrogens with one attached hydrogen (secondary N) is 2. The lowest BCUT2D eigenvalue weighted by molar-refractivity contribution is 0.146. The zero-order chi connectivity index (χ0) is 9.68. The van der Waals surface area contributed by atoms with Crippen molar-refractivity contribution < 1.29 is 4.84 Å². The molecule has 1 aromatic rings. The van der Waals surface area contributed by atoms with Gasteiger partial charge < -0.3 is 5.32 Å². The average Bonchev–Trinajstić information content (AvgIpc) is 2.09. The van der Waals surface area contributed by atoms with Crippen LogP contribution in [0.15, 0.2) is 24.3 Å². The molecule has 0 aliphatic heterocycles. The van der Waals surface area contributed by atoms with E-state index in [9.17, 15) is 0 Å². The lowest BCUT2D eigenvalue weighted by atomic mass is 10.3. The predicted molar refractivity (Wildman–Crippen MR) is 57.8 cm³/mol. The van der Waals surface area contributed by atoms with Crippen molar-refractivity contribution in [3.8, 4) is 0 Å². The lowest BCUT2D eigenvalue weighted by Gasteiger charge is -2.08. The van der Waals surface area contributed by atoms with Gasteiger partial charge in [0.15, 0.2) is 5.11 Å². The molecule has 5 heteroatoms. The van der Waals surface area contributed by atoms with E-state index in [0.717, 1.165) is 5.69 Å². The normalized spacial score (nSPS) is 9.38. The molecule has 0 aliphatic rings. The summed E-state index contributed by atoms with van der Waals surface area (Å²) in [6.07, 6.45) is 0. The van der Waals surface area contributed by atoms with E-state index in [1.165, 1.54) is 7.11 Å². The summed E-state index contributed by atoms with van der Waals surface area (Å²) in [4.78, 5) is 4.62. The van der Waals surface area contributed by atoms with Crippen LogP contribution < -0.4 is 10.8 Å². The number of halogens is 1. The number of benzene rings is 1. The zero-order valence-corrected chi connectivity index (χ0v) is 8.58. The molecule has 0 spiro atoms. The van der Waals surface area contributed by atoms with Crippen molar-refractivity contribution in [2.24, 2.45) is 0 Å². The highest BCUT2D eigenvalue weighted by Gasteiger charge is 1.99. The third-order valence-corrected chi connectivity index (χ3v) is 1.83. The molecule has 3 nitrogen and oxygen atoms in total. The largest absolute Gasteiger partial charge is 0.330 e. The predicted octanol–water partition coefficient (Wildman–Crippen LogP) is 2.19. The first-order valence-electron chi connectivity index (χ1n) is 3.58. The van der Waals surface area contributed by atoms with Gasteiger partial charge in [0.2, 0.25) is 0 Å². The van der Waals surface area contributed by atoms with Crippen molar-refractivity contribution in [2.75, 3.05) is 12.4 Å². The van der Waals surface area contributed by atoms with E-state index in [2.05, 4.69) is 15.6 Å². The second kappa shape index (κ2) is 5.01. The molecule has 0 aliphatic carbocycles. The van der Waals surface area contributed by atoms with Gasteiger partial charge in [-0.25, -0.2) is 5.48 Å². The summed E-state index contributed by atoms with van der Waals surface area (Å²) in [6.45, 7) is 0. The Balaban J connectivity index is 2.63. The Morgan fingerprint density at radius 3 is 2.77 bits per heavy atom. The van der Waals surface area contributed by atoms with Gasteiger partial charge in [0.05, 0.1) is 17.8 Å². The Morgan fingerprint density at radius 2 is 2.15 bits per heavy atom. The Kier molecular flexibility index (Phi) is 3.95. The number of thiocarbonyl (C=S) groups is 1. The summed E-state index contributed by atoms with van der Waals surface area (Å²) in [6, 6.07) is 7.31. The maximum atomic E-state index is 5.88. The maximum Gasteiger partial charge on any atom is 0.195 e. The summed E-state index contributed by atoms with van der Waals surface area (Å²) >= 11 is 10.8. The fraction of sp³-hybridized carbons (Fsp3) is 0.125. The van der Waals surface area contributed by atoms with E-state index in [4.69, 9.17) is 23.8 Å². The SMILES string of the molecule is CONC(=S)Nc1ccccc1Cl. The van der Waals surface area contributed by atoms with Gasteiger partial charge in [0.1, 0.15) is 0 Å². The van der Waals surface area contributed by atoms with Gasteiger partial charge in [-0.2, -0.15) is 0 Å². The fourth-order valence-electron chi connectivity index (χ4n) is 0.803. The van der Waals surface area contributed by atoms with Crippen molar-refractivity contribution >= 4 is 34.6 Å². The smallest absolute Gasteiger partial charge is 0.195 e. The first-order valence-corrected chi connectivity index (χ1v) is 4.37. The van der Waals surface area contributed by atoms with Crippen LogP contribution in [0.25, 0.3) is 0 Å². The monoisotopic (exact) mass is 216 g/mol. The van der Waals surface area contributed by atoms with Crippen LogP contribution in [-0.4, -0.2) is 12.2 Å². The average molecular weight is 217 g/mol. The first-order chi connectivity index (χ1) is 6.24. The van der Waals surface area contributed by atoms with Crippen molar-refractivity contribution in [3.05, 3.63) is 29.3 Å². The molecule has 1 rings (SSSR count). The molecule has 0 aromatic heterocycles. The highest BCUT2D eigenvalue weighted by atomic mass is 35.5. The van der Waals surface area contributed by atoms with Crippen LogP contribution in [0.3, 0.4) is 0 Å². The van der Waals surface area contributed by atoms with Crippen molar-refractivity contribution in [1.29, 1.82) is 0 Å². The molecule has 0 atom stereocenters. The van der Waals surface area contributed by atoms with Crippen molar-refractivity contribution in [1.82, 2.24) is 5.48 Å². The molecule has 0 bridgehead atoms. The first kappa shape index (κ1) is 10.2. The second-order valence-electron chi connectivity index (χ2n) is 2.24. The summed E-state index contributed by atoms with van der Waals surface area (Å²) < 4.78 is 0. The number of rotatable bonds is 2. The Hall–Kier alpha value is -0.840. The quantitative estimate of drug-likeness (QED) is 0.587. The van der Waals surface area contributed by atoms with Crippen molar-refractivity contribution in [2.45, 2.75) is 0 Å². The topological polar surface area (TPSA) is 33.3 Å². The highest BCUT2D eigenvalue weighted by molar-refractivity contribution is 7.80. The Morgan fingerprint density at radius 1 is 1.46 bits per heavy atom. The minimum absolute atomic E-state index is 0.371. The Bertz CT molecular complexity index is 306. The van der Waals surface area contributed by atoms with Crippen LogP contribution in [0.4, 0.5) is 5.69 Å². The van der Waals surface area contributed by atoms with Gasteiger partial charge in [-0.1, -0.05) is 23.7 Å². The molecule has 13 heavy (non-hydrogen) atoms. The number of hydroxylamine groups is 1. The van der Waals surface area contributed by atoms with Gasteiger partial charge in [0, 0.05) is 0 Å². The molecular formula is C8H9ClN2OS. The molecule has 0 fully saturated rings. The van der Waals surface area contributed by atoms with Crippen LogP contribution >= 0.6 is 23.8 Å². The molecule has 1 aromatic carbocycles. The summed E-state index contributed by atoms with van der Waals surface area (Å²) in [5, 5.41) is 3.86. The molecule has 70 valence electrons. The second-order valence-corrected chi connectivity index (χ2v) is 3.06. The Labute approximate surface area is 87.0 Å². The van der Waals surface area contributed by atoms with Gasteiger partial charge in [-0.15, -0.1) is 0 Å². The molecule has 0 heterocycles. The summed E-state index contributed by atoms with van der Waals surface area (Å²) in [7, 11) is 1.49. The zero-order valence-electron chi connectivity index (χ0n) is 7.00. The third-order valence-electron chi connectivity index (χ3n) is 1.32. The van der Waals surface area contributed by atoms with Crippen molar-refractivity contribution in [3.63, 3.8) is 0 Å². The van der Waals surface area contributed by atoms with Gasteiger partial charge in [-0.05, 0) is 24.4 Å². The van der Waals surface area contributed by atoms with Crippen LogP contribution in [0, 0.1) is 0 Å². The molecule has 0 radical (unpaired) electrons. The highest BCUT2D eigenvalue weighted by Crippen LogP contribution is 2.19. The van der Waals surface area contributed by atoms with E-state index in [0.29, 0.717) is 10.1 Å². The minimum atomic E-state index is 0.371. The number of para-hydroxylation sites is 1. The van der Waals surface area contributed by atoms with Crippen LogP contribution in [0.2, 0.25) is 5.02 Å². The molecule has 0 unspecified atom stereocenters. The molecular weight excluding hydrogens is 208 g/mol. The van der Waals surface area contributed by atoms with E-state index in [1.807, 2.05) is 18.2 Å². The van der Waals surface area contributed by atoms with Gasteiger partial charge in [0.25, 0.3) is 0 Å². The van der Waals surface area contributed by atoms with Gasteiger partial charge >= 0.3 is 0 Å². The summed E-state index contributed by atoms with van der Waals surface area (Å²) in [5.41, 5.74) is 3.23. The maximum absolute atomic E-state index is 5.88. The van der Waals surface area contributed by atoms with E-state index < -0.39 is 0 Å². The molecule has 0 amide bonds. The molecule has 0 saturated carbocycles. The van der Waals surface area contributed by atoms with Crippen LogP contribution in [0.5, 0.6) is 0 Å². The summed E-state index contributed by atoms with van der Waals surface area (Å²) in [5.74, 6) is 0. The fourth-order valence-corrected chi connectivity index (χ4v) is 1.18. The van der Waals surface area contributed by atoms with Crippen LogP contribution in [0.1, 0.15) is 0 Å². The number of anilines is 1. The van der Waals surface area contributed by atoms with E-state index in [-0.39, 0.29) is 0 Å². The molecule has 2 N–H and O–H groups in total. The third kappa shape index (κ3) is 3.18. The standard InChI is InChI=1S/C8H9ClN2OS/c1-12-11-8(13)10-7-5-3-2-4-6(7)9/h2-5H,1H3,(H2,10,11,13). The molecule has 0 saturated heterocycles. The van der Waals surface area contributed by atoms with Gasteiger partial charge in [-0.3, -0.25) is 4.84 Å². The number of hydrogen-bond acceptors (Lipinski definition) is 2.